The van der Waals surface area contributed by atoms with Gasteiger partial charge in [0.25, 0.3) is 15.9 Å². The highest BCUT2D eigenvalue weighted by atomic mass is 32.2. The van der Waals surface area contributed by atoms with Crippen LogP contribution in [0.4, 0.5) is 5.69 Å². The van der Waals surface area contributed by atoms with Crippen LogP contribution in [-0.2, 0) is 14.8 Å². The molecule has 1 aliphatic rings. The maximum atomic E-state index is 12.5. The lowest BCUT2D eigenvalue weighted by Crippen LogP contribution is -2.37. The van der Waals surface area contributed by atoms with E-state index in [-0.39, 0.29) is 29.7 Å². The first-order valence-electron chi connectivity index (χ1n) is 9.83. The largest absolute Gasteiger partial charge is 0.457 e. The van der Waals surface area contributed by atoms with Gasteiger partial charge in [-0.05, 0) is 55.6 Å². The second-order valence-corrected chi connectivity index (χ2v) is 8.93. The number of hydrogen-bond donors (Lipinski definition) is 2. The first-order valence-corrected chi connectivity index (χ1v) is 11.3. The van der Waals surface area contributed by atoms with Crippen LogP contribution in [0, 0.1) is 0 Å². The highest BCUT2D eigenvalue weighted by Gasteiger charge is 2.32. The molecule has 2 heterocycles. The molecule has 9 nitrogen and oxygen atoms in total. The van der Waals surface area contributed by atoms with E-state index in [1.165, 1.54) is 19.2 Å². The number of sulfonamides is 1. The van der Waals surface area contributed by atoms with Crippen molar-refractivity contribution in [2.24, 2.45) is 0 Å². The third-order valence-corrected chi connectivity index (χ3v) is 6.21. The van der Waals surface area contributed by atoms with Gasteiger partial charge in [-0.3, -0.25) is 9.59 Å². The number of nitrogens with zero attached hydrogens (tertiary/aromatic N) is 1. The lowest BCUT2D eigenvalue weighted by atomic mass is 10.2. The number of carbonyl (C=O) groups is 2. The second kappa shape index (κ2) is 8.85. The fraction of sp³-hybridized carbons (Fsp3) is 0.182. The molecule has 32 heavy (non-hydrogen) atoms. The molecule has 0 spiro atoms. The van der Waals surface area contributed by atoms with Gasteiger partial charge in [0.1, 0.15) is 11.5 Å². The van der Waals surface area contributed by atoms with Crippen molar-refractivity contribution in [2.45, 2.75) is 17.6 Å². The van der Waals surface area contributed by atoms with Crippen molar-refractivity contribution in [1.29, 1.82) is 0 Å². The fourth-order valence-corrected chi connectivity index (χ4v) is 3.96. The minimum atomic E-state index is -3.78. The maximum Gasteiger partial charge on any atom is 0.287 e. The van der Waals surface area contributed by atoms with Gasteiger partial charge >= 0.3 is 0 Å². The molecule has 1 atom stereocenters. The lowest BCUT2D eigenvalue weighted by Gasteiger charge is -2.17. The quantitative estimate of drug-likeness (QED) is 0.565. The van der Waals surface area contributed by atoms with Crippen LogP contribution in [0.2, 0.25) is 0 Å². The summed E-state index contributed by atoms with van der Waals surface area (Å²) in [4.78, 5) is 26.5. The Hall–Kier alpha value is -3.63. The number of para-hydroxylation sites is 1. The van der Waals surface area contributed by atoms with E-state index in [1.54, 1.807) is 29.2 Å². The summed E-state index contributed by atoms with van der Waals surface area (Å²) in [5.74, 6) is 0.483. The number of nitrogens with one attached hydrogen (secondary N) is 2. The molecule has 10 heteroatoms. The van der Waals surface area contributed by atoms with E-state index in [0.717, 1.165) is 0 Å². The number of furan rings is 1. The van der Waals surface area contributed by atoms with E-state index >= 15 is 0 Å². The zero-order valence-electron chi connectivity index (χ0n) is 17.1. The number of amides is 2. The predicted octanol–water partition coefficient (Wildman–Crippen LogP) is 2.52. The zero-order chi connectivity index (χ0) is 22.7. The Kier molecular flexibility index (Phi) is 5.97. The van der Waals surface area contributed by atoms with Crippen molar-refractivity contribution in [3.8, 4) is 11.5 Å². The van der Waals surface area contributed by atoms with Gasteiger partial charge in [-0.1, -0.05) is 18.2 Å². The standard InChI is InChI=1S/C22H21N3O6S/c1-23-32(28,29)21-12-11-19(31-21)22(27)24-15-13-20(26)25(14-15)16-7-9-18(10-8-16)30-17-5-3-2-4-6-17/h2-12,15,23H,13-14H2,1H3,(H,24,27). The number of benzene rings is 2. The molecule has 0 radical (unpaired) electrons. The molecular formula is C22H21N3O6S. The molecule has 1 saturated heterocycles. The zero-order valence-corrected chi connectivity index (χ0v) is 18.0. The summed E-state index contributed by atoms with van der Waals surface area (Å²) >= 11 is 0. The van der Waals surface area contributed by atoms with Crippen molar-refractivity contribution >= 4 is 27.5 Å². The fourth-order valence-electron chi connectivity index (χ4n) is 3.32. The Labute approximate surface area is 185 Å². The number of ether oxygens (including phenoxy) is 1. The summed E-state index contributed by atoms with van der Waals surface area (Å²) in [6, 6.07) is 18.5. The number of hydrogen-bond acceptors (Lipinski definition) is 6. The van der Waals surface area contributed by atoms with Crippen LogP contribution in [0.3, 0.4) is 0 Å². The molecular weight excluding hydrogens is 434 g/mol. The third-order valence-electron chi connectivity index (χ3n) is 4.93. The van der Waals surface area contributed by atoms with E-state index in [1.807, 2.05) is 30.3 Å². The van der Waals surface area contributed by atoms with Gasteiger partial charge in [0, 0.05) is 18.7 Å². The van der Waals surface area contributed by atoms with Crippen LogP contribution < -0.4 is 19.7 Å². The Balaban J connectivity index is 1.38. The van der Waals surface area contributed by atoms with Crippen molar-refractivity contribution in [1.82, 2.24) is 10.0 Å². The summed E-state index contributed by atoms with van der Waals surface area (Å²) < 4.78 is 36.5. The normalized spacial score (nSPS) is 16.2. The van der Waals surface area contributed by atoms with E-state index in [2.05, 4.69) is 10.0 Å². The third kappa shape index (κ3) is 4.66. The molecule has 0 bridgehead atoms. The summed E-state index contributed by atoms with van der Waals surface area (Å²) in [6.07, 6.45) is 0.121. The summed E-state index contributed by atoms with van der Waals surface area (Å²) in [5, 5.41) is 2.36. The SMILES string of the molecule is CNS(=O)(=O)c1ccc(C(=O)NC2CC(=O)N(c3ccc(Oc4ccccc4)cc3)C2)o1. The molecule has 3 aromatic rings. The average Bonchev–Trinajstić information content (AvgIpc) is 3.43. The van der Waals surface area contributed by atoms with Gasteiger partial charge in [0.2, 0.25) is 11.0 Å². The van der Waals surface area contributed by atoms with Crippen LogP contribution in [-0.4, -0.2) is 39.9 Å². The second-order valence-electron chi connectivity index (χ2n) is 7.11. The molecule has 1 aromatic heterocycles. The molecule has 2 aromatic carbocycles. The van der Waals surface area contributed by atoms with Crippen LogP contribution >= 0.6 is 0 Å². The summed E-state index contributed by atoms with van der Waals surface area (Å²) in [7, 11) is -2.54. The number of anilines is 1. The smallest absolute Gasteiger partial charge is 0.287 e. The summed E-state index contributed by atoms with van der Waals surface area (Å²) in [6.45, 7) is 0.284. The van der Waals surface area contributed by atoms with Crippen molar-refractivity contribution in [3.05, 3.63) is 72.5 Å². The van der Waals surface area contributed by atoms with E-state index in [4.69, 9.17) is 9.15 Å². The van der Waals surface area contributed by atoms with Gasteiger partial charge in [-0.2, -0.15) is 0 Å². The summed E-state index contributed by atoms with van der Waals surface area (Å²) in [5.41, 5.74) is 0.688. The molecule has 0 saturated carbocycles. The van der Waals surface area contributed by atoms with E-state index in [9.17, 15) is 18.0 Å². The Morgan fingerprint density at radius 1 is 1.03 bits per heavy atom. The number of rotatable bonds is 7. The Bertz CT molecular complexity index is 1220. The van der Waals surface area contributed by atoms with Crippen molar-refractivity contribution < 1.29 is 27.2 Å². The molecule has 2 amide bonds. The van der Waals surface area contributed by atoms with E-state index in [0.29, 0.717) is 17.2 Å². The molecule has 166 valence electrons. The van der Waals surface area contributed by atoms with Crippen molar-refractivity contribution in [2.75, 3.05) is 18.5 Å². The van der Waals surface area contributed by atoms with Gasteiger partial charge in [-0.15, -0.1) is 0 Å². The Morgan fingerprint density at radius 3 is 2.41 bits per heavy atom. The van der Waals surface area contributed by atoms with Crippen LogP contribution in [0.15, 0.2) is 76.2 Å². The predicted molar refractivity (Wildman–Crippen MR) is 116 cm³/mol. The lowest BCUT2D eigenvalue weighted by molar-refractivity contribution is -0.117. The van der Waals surface area contributed by atoms with Gasteiger partial charge in [0.15, 0.2) is 5.76 Å². The molecule has 2 N–H and O–H groups in total. The molecule has 1 unspecified atom stereocenters. The first-order chi connectivity index (χ1) is 15.4. The monoisotopic (exact) mass is 455 g/mol. The van der Waals surface area contributed by atoms with Gasteiger partial charge in [0.05, 0.1) is 6.04 Å². The first kappa shape index (κ1) is 21.6. The topological polar surface area (TPSA) is 118 Å². The average molecular weight is 455 g/mol. The van der Waals surface area contributed by atoms with Crippen LogP contribution in [0.1, 0.15) is 17.0 Å². The highest BCUT2D eigenvalue weighted by molar-refractivity contribution is 7.89. The minimum absolute atomic E-state index is 0.121. The van der Waals surface area contributed by atoms with Crippen molar-refractivity contribution in [3.63, 3.8) is 0 Å². The molecule has 4 rings (SSSR count). The maximum absolute atomic E-state index is 12.5. The van der Waals surface area contributed by atoms with E-state index < -0.39 is 22.0 Å². The van der Waals surface area contributed by atoms with Crippen LogP contribution in [0.5, 0.6) is 11.5 Å². The minimum Gasteiger partial charge on any atom is -0.457 e. The molecule has 0 aliphatic carbocycles. The van der Waals surface area contributed by atoms with Gasteiger partial charge < -0.3 is 19.4 Å². The Morgan fingerprint density at radius 2 is 1.72 bits per heavy atom. The van der Waals surface area contributed by atoms with Gasteiger partial charge in [-0.25, -0.2) is 13.1 Å². The number of carbonyl (C=O) groups excluding carboxylic acids is 2. The molecule has 1 fully saturated rings. The molecule has 1 aliphatic heterocycles. The highest BCUT2D eigenvalue weighted by Crippen LogP contribution is 2.27. The van der Waals surface area contributed by atoms with Crippen LogP contribution in [0.25, 0.3) is 0 Å².